The van der Waals surface area contributed by atoms with Gasteiger partial charge in [-0.3, -0.25) is 4.79 Å². The van der Waals surface area contributed by atoms with Crippen molar-refractivity contribution in [2.24, 2.45) is 11.8 Å². The van der Waals surface area contributed by atoms with E-state index in [4.69, 9.17) is 5.11 Å². The third kappa shape index (κ3) is 6.22. The highest BCUT2D eigenvalue weighted by Gasteiger charge is 2.20. The van der Waals surface area contributed by atoms with Crippen LogP contribution in [0.5, 0.6) is 0 Å². The fourth-order valence-electron chi connectivity index (χ4n) is 2.10. The molecule has 0 spiro atoms. The van der Waals surface area contributed by atoms with Gasteiger partial charge in [-0.25, -0.2) is 17.5 Å². The van der Waals surface area contributed by atoms with Crippen molar-refractivity contribution in [2.45, 2.75) is 31.6 Å². The smallest absolute Gasteiger partial charge is 0.303 e. The molecule has 1 unspecified atom stereocenters. The van der Waals surface area contributed by atoms with Crippen molar-refractivity contribution < 1.29 is 22.7 Å². The predicted octanol–water partition coefficient (Wildman–Crippen LogP) is 2.24. The topological polar surface area (TPSA) is 83.5 Å². The number of halogens is 1. The molecule has 0 radical (unpaired) electrons. The van der Waals surface area contributed by atoms with Crippen LogP contribution in [0.4, 0.5) is 4.39 Å². The Labute approximate surface area is 124 Å². The zero-order valence-corrected chi connectivity index (χ0v) is 12.9. The largest absolute Gasteiger partial charge is 0.481 e. The molecule has 7 heteroatoms. The Balaban J connectivity index is 2.75. The van der Waals surface area contributed by atoms with Gasteiger partial charge in [-0.05, 0) is 36.5 Å². The first-order chi connectivity index (χ1) is 9.70. The second-order valence-corrected chi connectivity index (χ2v) is 7.17. The summed E-state index contributed by atoms with van der Waals surface area (Å²) in [5.41, 5.74) is 0. The third-order valence-corrected chi connectivity index (χ3v) is 4.36. The summed E-state index contributed by atoms with van der Waals surface area (Å²) in [6.45, 7) is 3.90. The molecule has 0 amide bonds. The average Bonchev–Trinajstić information content (AvgIpc) is 2.35. The number of rotatable bonds is 8. The van der Waals surface area contributed by atoms with Crippen molar-refractivity contribution >= 4 is 16.0 Å². The summed E-state index contributed by atoms with van der Waals surface area (Å²) >= 11 is 0. The molecule has 0 saturated carbocycles. The first kappa shape index (κ1) is 17.6. The lowest BCUT2D eigenvalue weighted by atomic mass is 9.94. The molecule has 0 heterocycles. The summed E-state index contributed by atoms with van der Waals surface area (Å²) in [7, 11) is -3.83. The number of carboxylic acid groups (broad SMARTS) is 1. The maximum atomic E-state index is 13.1. The van der Waals surface area contributed by atoms with Crippen molar-refractivity contribution in [1.82, 2.24) is 4.72 Å². The van der Waals surface area contributed by atoms with Gasteiger partial charge in [0, 0.05) is 13.0 Å². The molecule has 1 aromatic carbocycles. The molecule has 1 rings (SSSR count). The second kappa shape index (κ2) is 7.51. The zero-order chi connectivity index (χ0) is 16.0. The van der Waals surface area contributed by atoms with E-state index in [1.165, 1.54) is 12.1 Å². The van der Waals surface area contributed by atoms with Gasteiger partial charge in [0.2, 0.25) is 10.0 Å². The van der Waals surface area contributed by atoms with Crippen molar-refractivity contribution in [3.63, 3.8) is 0 Å². The molecular formula is C14H20FNO4S. The Morgan fingerprint density at radius 2 is 2.05 bits per heavy atom. The lowest BCUT2D eigenvalue weighted by Gasteiger charge is -2.17. The number of aliphatic carboxylic acids is 1. The normalized spacial score (nSPS) is 13.3. The van der Waals surface area contributed by atoms with Gasteiger partial charge in [0.05, 0.1) is 4.90 Å². The van der Waals surface area contributed by atoms with E-state index in [0.29, 0.717) is 6.42 Å². The van der Waals surface area contributed by atoms with E-state index in [-0.39, 0.29) is 29.7 Å². The molecule has 0 bridgehead atoms. The summed E-state index contributed by atoms with van der Waals surface area (Å²) in [4.78, 5) is 10.6. The highest BCUT2D eigenvalue weighted by molar-refractivity contribution is 7.89. The molecule has 2 N–H and O–H groups in total. The predicted molar refractivity (Wildman–Crippen MR) is 76.8 cm³/mol. The van der Waals surface area contributed by atoms with E-state index < -0.39 is 21.8 Å². The van der Waals surface area contributed by atoms with Crippen molar-refractivity contribution in [1.29, 1.82) is 0 Å². The monoisotopic (exact) mass is 317 g/mol. The number of carbonyl (C=O) groups is 1. The van der Waals surface area contributed by atoms with Gasteiger partial charge in [-0.15, -0.1) is 0 Å². The van der Waals surface area contributed by atoms with Crippen LogP contribution in [0.2, 0.25) is 0 Å². The SMILES string of the molecule is CC(C)CC(CNS(=O)(=O)c1cccc(F)c1)CC(=O)O. The number of hydrogen-bond donors (Lipinski definition) is 2. The van der Waals surface area contributed by atoms with Crippen LogP contribution in [0, 0.1) is 17.7 Å². The van der Waals surface area contributed by atoms with E-state index in [2.05, 4.69) is 4.72 Å². The van der Waals surface area contributed by atoms with E-state index in [1.54, 1.807) is 0 Å². The minimum atomic E-state index is -3.83. The Bertz CT molecular complexity index is 586. The average molecular weight is 317 g/mol. The lowest BCUT2D eigenvalue weighted by molar-refractivity contribution is -0.138. The quantitative estimate of drug-likeness (QED) is 0.770. The molecule has 0 aliphatic heterocycles. The lowest BCUT2D eigenvalue weighted by Crippen LogP contribution is -2.31. The fraction of sp³-hybridized carbons (Fsp3) is 0.500. The van der Waals surface area contributed by atoms with Crippen LogP contribution in [0.25, 0.3) is 0 Å². The number of carboxylic acids is 1. The molecule has 21 heavy (non-hydrogen) atoms. The molecule has 0 aromatic heterocycles. The number of sulfonamides is 1. The van der Waals surface area contributed by atoms with Crippen LogP contribution in [-0.2, 0) is 14.8 Å². The van der Waals surface area contributed by atoms with E-state index >= 15 is 0 Å². The molecular weight excluding hydrogens is 297 g/mol. The summed E-state index contributed by atoms with van der Waals surface area (Å²) in [5.74, 6) is -1.65. The molecule has 118 valence electrons. The fourth-order valence-corrected chi connectivity index (χ4v) is 3.24. The van der Waals surface area contributed by atoms with Crippen molar-refractivity contribution in [3.8, 4) is 0 Å². The summed E-state index contributed by atoms with van der Waals surface area (Å²) < 4.78 is 39.5. The van der Waals surface area contributed by atoms with Gasteiger partial charge in [-0.1, -0.05) is 19.9 Å². The van der Waals surface area contributed by atoms with Crippen LogP contribution < -0.4 is 4.72 Å². The Hall–Kier alpha value is -1.47. The third-order valence-electron chi connectivity index (χ3n) is 2.94. The minimum Gasteiger partial charge on any atom is -0.481 e. The van der Waals surface area contributed by atoms with Gasteiger partial charge in [0.15, 0.2) is 0 Å². The van der Waals surface area contributed by atoms with E-state index in [0.717, 1.165) is 12.1 Å². The molecule has 0 aliphatic carbocycles. The van der Waals surface area contributed by atoms with E-state index in [1.807, 2.05) is 13.8 Å². The molecule has 0 fully saturated rings. The Morgan fingerprint density at radius 1 is 1.38 bits per heavy atom. The summed E-state index contributed by atoms with van der Waals surface area (Å²) in [5, 5.41) is 8.85. The van der Waals surface area contributed by atoms with Gasteiger partial charge >= 0.3 is 5.97 Å². The second-order valence-electron chi connectivity index (χ2n) is 5.40. The van der Waals surface area contributed by atoms with Crippen LogP contribution in [0.1, 0.15) is 26.7 Å². The number of hydrogen-bond acceptors (Lipinski definition) is 3. The van der Waals surface area contributed by atoms with Crippen LogP contribution in [-0.4, -0.2) is 26.0 Å². The Morgan fingerprint density at radius 3 is 2.57 bits per heavy atom. The minimum absolute atomic E-state index is 0.0172. The number of nitrogens with one attached hydrogen (secondary N) is 1. The maximum Gasteiger partial charge on any atom is 0.303 e. The van der Waals surface area contributed by atoms with Gasteiger partial charge in [0.1, 0.15) is 5.82 Å². The van der Waals surface area contributed by atoms with Gasteiger partial charge in [0.25, 0.3) is 0 Å². The standard InChI is InChI=1S/C14H20FNO4S/c1-10(2)6-11(7-14(17)18)9-16-21(19,20)13-5-3-4-12(15)8-13/h3-5,8,10-11,16H,6-7,9H2,1-2H3,(H,17,18). The van der Waals surface area contributed by atoms with Crippen LogP contribution in [0.3, 0.4) is 0 Å². The van der Waals surface area contributed by atoms with Gasteiger partial charge in [-0.2, -0.15) is 0 Å². The summed E-state index contributed by atoms with van der Waals surface area (Å²) in [6, 6.07) is 4.69. The zero-order valence-electron chi connectivity index (χ0n) is 12.0. The van der Waals surface area contributed by atoms with Crippen molar-refractivity contribution in [3.05, 3.63) is 30.1 Å². The highest BCUT2D eigenvalue weighted by Crippen LogP contribution is 2.16. The molecule has 5 nitrogen and oxygen atoms in total. The molecule has 1 atom stereocenters. The van der Waals surface area contributed by atoms with Crippen LogP contribution >= 0.6 is 0 Å². The molecule has 0 aliphatic rings. The Kier molecular flexibility index (Phi) is 6.29. The molecule has 0 saturated heterocycles. The first-order valence-electron chi connectivity index (χ1n) is 6.67. The first-order valence-corrected chi connectivity index (χ1v) is 8.16. The summed E-state index contributed by atoms with van der Waals surface area (Å²) in [6.07, 6.45) is 0.488. The highest BCUT2D eigenvalue weighted by atomic mass is 32.2. The van der Waals surface area contributed by atoms with Gasteiger partial charge < -0.3 is 5.11 Å². The maximum absolute atomic E-state index is 13.1. The van der Waals surface area contributed by atoms with Crippen LogP contribution in [0.15, 0.2) is 29.2 Å². The molecule has 1 aromatic rings. The van der Waals surface area contributed by atoms with Crippen molar-refractivity contribution in [2.75, 3.05) is 6.54 Å². The number of benzene rings is 1. The van der Waals surface area contributed by atoms with E-state index in [9.17, 15) is 17.6 Å².